The molecule has 0 aliphatic carbocycles. The van der Waals surface area contributed by atoms with Crippen LogP contribution in [-0.4, -0.2) is 22.4 Å². The van der Waals surface area contributed by atoms with Crippen molar-refractivity contribution in [2.24, 2.45) is 0 Å². The van der Waals surface area contributed by atoms with Gasteiger partial charge < -0.3 is 9.88 Å². The van der Waals surface area contributed by atoms with Gasteiger partial charge in [-0.25, -0.2) is 4.98 Å². The minimum Gasteiger partial charge on any atom is -0.310 e. The Morgan fingerprint density at radius 2 is 2.00 bits per heavy atom. The minimum atomic E-state index is -0.392. The second-order valence-electron chi connectivity index (χ2n) is 5.00. The lowest BCUT2D eigenvalue weighted by atomic mass is 10.1. The van der Waals surface area contributed by atoms with Crippen LogP contribution in [0.4, 0.5) is 5.69 Å². The summed E-state index contributed by atoms with van der Waals surface area (Å²) in [7, 11) is 0. The van der Waals surface area contributed by atoms with Gasteiger partial charge in [-0.2, -0.15) is 0 Å². The summed E-state index contributed by atoms with van der Waals surface area (Å²) in [4.78, 5) is 33.1. The van der Waals surface area contributed by atoms with E-state index >= 15 is 0 Å². The summed E-state index contributed by atoms with van der Waals surface area (Å²) in [5.41, 5.74) is 2.00. The molecule has 0 spiro atoms. The zero-order valence-electron chi connectivity index (χ0n) is 12.7. The van der Waals surface area contributed by atoms with E-state index in [-0.39, 0.29) is 11.5 Å². The molecule has 2 aromatic rings. The minimum absolute atomic E-state index is 0.101. The number of nitrogens with zero attached hydrogens (tertiary/aromatic N) is 2. The van der Waals surface area contributed by atoms with Crippen LogP contribution < -0.4 is 10.5 Å². The van der Waals surface area contributed by atoms with Crippen LogP contribution in [0, 0.1) is 20.8 Å². The maximum atomic E-state index is 12.7. The van der Waals surface area contributed by atoms with E-state index < -0.39 is 5.56 Å². The number of amides is 1. The molecule has 0 fully saturated rings. The Labute approximate surface area is 123 Å². The third-order valence-electron chi connectivity index (χ3n) is 3.31. The Bertz CT molecular complexity index is 735. The third kappa shape index (κ3) is 3.02. The molecule has 0 saturated heterocycles. The lowest BCUT2D eigenvalue weighted by molar-refractivity contribution is 0.0985. The van der Waals surface area contributed by atoms with Crippen molar-refractivity contribution in [2.45, 2.75) is 27.7 Å². The van der Waals surface area contributed by atoms with Crippen LogP contribution in [0.15, 0.2) is 29.1 Å². The number of aryl methyl sites for hydroxylation is 3. The number of rotatable bonds is 3. The van der Waals surface area contributed by atoms with E-state index in [1.165, 1.54) is 0 Å². The molecule has 1 N–H and O–H groups in total. The van der Waals surface area contributed by atoms with Gasteiger partial charge in [0.1, 0.15) is 11.4 Å². The molecule has 1 aromatic heterocycles. The summed E-state index contributed by atoms with van der Waals surface area (Å²) >= 11 is 0. The molecule has 5 nitrogen and oxygen atoms in total. The fourth-order valence-corrected chi connectivity index (χ4v) is 2.35. The first kappa shape index (κ1) is 15.0. The highest BCUT2D eigenvalue weighted by Gasteiger charge is 2.22. The van der Waals surface area contributed by atoms with Crippen molar-refractivity contribution in [3.05, 3.63) is 57.3 Å². The van der Waals surface area contributed by atoms with Crippen LogP contribution in [0.3, 0.4) is 0 Å². The number of anilines is 1. The molecule has 0 unspecified atom stereocenters. The fraction of sp³-hybridized carbons (Fsp3) is 0.312. The van der Waals surface area contributed by atoms with Crippen molar-refractivity contribution in [1.82, 2.24) is 9.97 Å². The monoisotopic (exact) mass is 285 g/mol. The van der Waals surface area contributed by atoms with Crippen molar-refractivity contribution in [2.75, 3.05) is 11.4 Å². The molecule has 110 valence electrons. The molecule has 21 heavy (non-hydrogen) atoms. The summed E-state index contributed by atoms with van der Waals surface area (Å²) in [6.07, 6.45) is 0. The van der Waals surface area contributed by atoms with Gasteiger partial charge in [0.15, 0.2) is 0 Å². The fourth-order valence-electron chi connectivity index (χ4n) is 2.35. The molecule has 0 bridgehead atoms. The lowest BCUT2D eigenvalue weighted by Gasteiger charge is -2.21. The predicted octanol–water partition coefficient (Wildman–Crippen LogP) is 2.36. The molecule has 1 amide bonds. The molecule has 1 heterocycles. The summed E-state index contributed by atoms with van der Waals surface area (Å²) in [5, 5.41) is 0. The second kappa shape index (κ2) is 5.91. The number of carbonyl (C=O) groups excluding carboxylic acids is 1. The zero-order valence-corrected chi connectivity index (χ0v) is 12.7. The van der Waals surface area contributed by atoms with Crippen molar-refractivity contribution in [1.29, 1.82) is 0 Å². The van der Waals surface area contributed by atoms with E-state index in [0.717, 1.165) is 11.3 Å². The highest BCUT2D eigenvalue weighted by Crippen LogP contribution is 2.18. The van der Waals surface area contributed by atoms with Crippen LogP contribution in [0.25, 0.3) is 0 Å². The smallest absolute Gasteiger partial charge is 0.265 e. The van der Waals surface area contributed by atoms with Gasteiger partial charge in [0.05, 0.1) is 5.69 Å². The molecule has 2 rings (SSSR count). The van der Waals surface area contributed by atoms with Gasteiger partial charge in [-0.15, -0.1) is 0 Å². The summed E-state index contributed by atoms with van der Waals surface area (Å²) in [5.74, 6) is 0.182. The van der Waals surface area contributed by atoms with E-state index in [1.54, 1.807) is 18.7 Å². The van der Waals surface area contributed by atoms with Gasteiger partial charge >= 0.3 is 0 Å². The van der Waals surface area contributed by atoms with Crippen LogP contribution in [0.5, 0.6) is 0 Å². The van der Waals surface area contributed by atoms with Crippen molar-refractivity contribution in [3.63, 3.8) is 0 Å². The molecule has 5 heteroatoms. The van der Waals surface area contributed by atoms with Crippen LogP contribution >= 0.6 is 0 Å². The molecule has 0 radical (unpaired) electrons. The quantitative estimate of drug-likeness (QED) is 0.941. The number of nitrogens with one attached hydrogen (secondary N) is 1. The average Bonchev–Trinajstić information content (AvgIpc) is 2.38. The first-order valence-corrected chi connectivity index (χ1v) is 6.90. The van der Waals surface area contributed by atoms with Crippen LogP contribution in [0.2, 0.25) is 0 Å². The molecule has 0 atom stereocenters. The zero-order chi connectivity index (χ0) is 15.6. The third-order valence-corrected chi connectivity index (χ3v) is 3.31. The predicted molar refractivity (Wildman–Crippen MR) is 82.9 cm³/mol. The van der Waals surface area contributed by atoms with Gasteiger partial charge in [0.25, 0.3) is 11.5 Å². The highest BCUT2D eigenvalue weighted by atomic mass is 16.2. The Morgan fingerprint density at radius 3 is 2.57 bits per heavy atom. The number of hydrogen-bond donors (Lipinski definition) is 1. The topological polar surface area (TPSA) is 66.1 Å². The van der Waals surface area contributed by atoms with Crippen LogP contribution in [-0.2, 0) is 0 Å². The summed E-state index contributed by atoms with van der Waals surface area (Å²) in [6, 6.07) is 7.64. The molecule has 0 aliphatic heterocycles. The Morgan fingerprint density at radius 1 is 1.29 bits per heavy atom. The Hall–Kier alpha value is -2.43. The van der Waals surface area contributed by atoms with Gasteiger partial charge in [-0.1, -0.05) is 12.1 Å². The second-order valence-corrected chi connectivity index (χ2v) is 5.00. The van der Waals surface area contributed by atoms with Crippen LogP contribution in [0.1, 0.15) is 34.4 Å². The standard InChI is InChI=1S/C16H19N3O2/c1-5-19(13-8-6-7-10(2)9-13)16(21)14-11(3)17-12(4)18-15(14)20/h6-9H,5H2,1-4H3,(H,17,18,20). The van der Waals surface area contributed by atoms with Crippen molar-refractivity contribution < 1.29 is 4.79 Å². The van der Waals surface area contributed by atoms with E-state index in [2.05, 4.69) is 9.97 Å². The lowest BCUT2D eigenvalue weighted by Crippen LogP contribution is -2.36. The molecule has 0 aliphatic rings. The number of carbonyl (C=O) groups is 1. The number of aromatic amines is 1. The molecular weight excluding hydrogens is 266 g/mol. The van der Waals surface area contributed by atoms with Crippen molar-refractivity contribution >= 4 is 11.6 Å². The normalized spacial score (nSPS) is 10.5. The molecular formula is C16H19N3O2. The number of hydrogen-bond acceptors (Lipinski definition) is 3. The summed E-state index contributed by atoms with van der Waals surface area (Å²) < 4.78 is 0. The van der Waals surface area contributed by atoms with E-state index in [9.17, 15) is 9.59 Å². The number of benzene rings is 1. The van der Waals surface area contributed by atoms with E-state index in [1.807, 2.05) is 38.1 Å². The number of H-pyrrole nitrogens is 1. The maximum Gasteiger partial charge on any atom is 0.265 e. The highest BCUT2D eigenvalue weighted by molar-refractivity contribution is 6.06. The largest absolute Gasteiger partial charge is 0.310 e. The van der Waals surface area contributed by atoms with E-state index in [0.29, 0.717) is 18.1 Å². The maximum absolute atomic E-state index is 12.7. The first-order valence-electron chi connectivity index (χ1n) is 6.90. The number of aromatic nitrogens is 2. The SMILES string of the molecule is CCN(C(=O)c1c(C)nc(C)[nH]c1=O)c1cccc(C)c1. The van der Waals surface area contributed by atoms with Gasteiger partial charge in [0, 0.05) is 12.2 Å². The van der Waals surface area contributed by atoms with Gasteiger partial charge in [-0.05, 0) is 45.4 Å². The van der Waals surface area contributed by atoms with E-state index in [4.69, 9.17) is 0 Å². The first-order chi connectivity index (χ1) is 9.93. The molecule has 0 saturated carbocycles. The summed E-state index contributed by atoms with van der Waals surface area (Å²) in [6.45, 7) is 7.70. The van der Waals surface area contributed by atoms with Gasteiger partial charge in [-0.3, -0.25) is 9.59 Å². The van der Waals surface area contributed by atoms with Crippen molar-refractivity contribution in [3.8, 4) is 0 Å². The Balaban J connectivity index is 2.49. The Kier molecular flexibility index (Phi) is 4.21. The molecule has 1 aromatic carbocycles. The average molecular weight is 285 g/mol. The van der Waals surface area contributed by atoms with Gasteiger partial charge in [0.2, 0.25) is 0 Å².